The van der Waals surface area contributed by atoms with Crippen LogP contribution in [0.5, 0.6) is 0 Å². The fourth-order valence-corrected chi connectivity index (χ4v) is 2.77. The number of pyridine rings is 1. The highest BCUT2D eigenvalue weighted by molar-refractivity contribution is 5.08. The number of piperidine rings is 1. The van der Waals surface area contributed by atoms with Crippen molar-refractivity contribution in [3.63, 3.8) is 0 Å². The van der Waals surface area contributed by atoms with Gasteiger partial charge in [-0.1, -0.05) is 13.3 Å². The molecule has 2 rings (SSSR count). The predicted molar refractivity (Wildman–Crippen MR) is 80.1 cm³/mol. The summed E-state index contributed by atoms with van der Waals surface area (Å²) in [7, 11) is 0. The van der Waals surface area contributed by atoms with Gasteiger partial charge in [0, 0.05) is 12.6 Å². The predicted octanol–water partition coefficient (Wildman–Crippen LogP) is 2.99. The lowest BCUT2D eigenvalue weighted by molar-refractivity contribution is 0.197. The quantitative estimate of drug-likeness (QED) is 0.867. The summed E-state index contributed by atoms with van der Waals surface area (Å²) in [4.78, 5) is 6.69. The molecule has 0 saturated carbocycles. The second kappa shape index (κ2) is 7.70. The van der Waals surface area contributed by atoms with Crippen LogP contribution in [-0.2, 0) is 0 Å². The lowest BCUT2D eigenvalue weighted by Crippen LogP contribution is -2.37. The van der Waals surface area contributed by atoms with E-state index in [2.05, 4.69) is 29.0 Å². The first-order valence-electron chi connectivity index (χ1n) is 7.72. The van der Waals surface area contributed by atoms with Crippen molar-refractivity contribution in [3.05, 3.63) is 29.8 Å². The van der Waals surface area contributed by atoms with Crippen LogP contribution in [0.25, 0.3) is 0 Å². The third-order valence-corrected chi connectivity index (χ3v) is 3.98. The van der Waals surface area contributed by atoms with Gasteiger partial charge in [0.15, 0.2) is 0 Å². The summed E-state index contributed by atoms with van der Waals surface area (Å²) in [5, 5.41) is 3.50. The van der Waals surface area contributed by atoms with Crippen molar-refractivity contribution in [2.24, 2.45) is 5.92 Å². The van der Waals surface area contributed by atoms with Gasteiger partial charge in [0.05, 0.1) is 11.9 Å². The molecule has 1 fully saturated rings. The van der Waals surface area contributed by atoms with E-state index in [4.69, 9.17) is 0 Å². The normalized spacial score (nSPS) is 19.8. The fraction of sp³-hybridized carbons (Fsp3) is 0.688. The van der Waals surface area contributed by atoms with Gasteiger partial charge < -0.3 is 10.2 Å². The zero-order chi connectivity index (χ0) is 14.4. The first-order chi connectivity index (χ1) is 9.65. The van der Waals surface area contributed by atoms with Crippen LogP contribution in [0, 0.1) is 11.7 Å². The minimum Gasteiger partial charge on any atom is -0.309 e. The van der Waals surface area contributed by atoms with Crippen molar-refractivity contribution in [1.29, 1.82) is 0 Å². The van der Waals surface area contributed by atoms with E-state index in [1.165, 1.54) is 44.6 Å². The number of hydrogen-bond donors (Lipinski definition) is 1. The van der Waals surface area contributed by atoms with Crippen molar-refractivity contribution >= 4 is 0 Å². The van der Waals surface area contributed by atoms with Gasteiger partial charge >= 0.3 is 0 Å². The maximum absolute atomic E-state index is 12.8. The van der Waals surface area contributed by atoms with E-state index in [-0.39, 0.29) is 11.9 Å². The molecule has 0 aromatic carbocycles. The number of rotatable bonds is 6. The molecule has 2 atom stereocenters. The van der Waals surface area contributed by atoms with Crippen LogP contribution in [0.1, 0.15) is 44.8 Å². The third-order valence-electron chi connectivity index (χ3n) is 3.98. The van der Waals surface area contributed by atoms with E-state index >= 15 is 0 Å². The van der Waals surface area contributed by atoms with Crippen LogP contribution in [0.4, 0.5) is 4.39 Å². The van der Waals surface area contributed by atoms with Crippen molar-refractivity contribution in [2.45, 2.75) is 39.2 Å². The second-order valence-electron chi connectivity index (χ2n) is 6.00. The number of nitrogens with one attached hydrogen (secondary N) is 1. The first kappa shape index (κ1) is 15.4. The van der Waals surface area contributed by atoms with Crippen LogP contribution >= 0.6 is 0 Å². The van der Waals surface area contributed by atoms with Gasteiger partial charge in [0.1, 0.15) is 5.82 Å². The molecule has 3 nitrogen and oxygen atoms in total. The SMILES string of the molecule is CC(CNC(C)c1ccc(F)cn1)CN1CCCCC1. The van der Waals surface area contributed by atoms with E-state index in [0.29, 0.717) is 5.92 Å². The molecule has 1 aromatic heterocycles. The Bertz CT molecular complexity index is 387. The highest BCUT2D eigenvalue weighted by atomic mass is 19.1. The maximum atomic E-state index is 12.8. The molecule has 2 unspecified atom stereocenters. The maximum Gasteiger partial charge on any atom is 0.141 e. The summed E-state index contributed by atoms with van der Waals surface area (Å²) in [5.74, 6) is 0.343. The number of halogens is 1. The molecule has 0 spiro atoms. The van der Waals surface area contributed by atoms with Gasteiger partial charge in [-0.2, -0.15) is 0 Å². The Hall–Kier alpha value is -1.00. The Morgan fingerprint density at radius 2 is 2.00 bits per heavy atom. The highest BCUT2D eigenvalue weighted by Gasteiger charge is 2.14. The standard InChI is InChI=1S/C16H26FN3/c1-13(12-20-8-4-3-5-9-20)10-18-14(2)16-7-6-15(17)11-19-16/h6-7,11,13-14,18H,3-5,8-10,12H2,1-2H3. The topological polar surface area (TPSA) is 28.2 Å². The Labute approximate surface area is 121 Å². The number of likely N-dealkylation sites (tertiary alicyclic amines) is 1. The van der Waals surface area contributed by atoms with Gasteiger partial charge in [0.2, 0.25) is 0 Å². The summed E-state index contributed by atoms with van der Waals surface area (Å²) < 4.78 is 12.8. The fourth-order valence-electron chi connectivity index (χ4n) is 2.77. The van der Waals surface area contributed by atoms with Crippen LogP contribution in [0.2, 0.25) is 0 Å². The molecule has 0 amide bonds. The summed E-state index contributed by atoms with van der Waals surface area (Å²) in [6.07, 6.45) is 5.35. The average molecular weight is 279 g/mol. The number of nitrogens with zero attached hydrogens (tertiary/aromatic N) is 2. The minimum absolute atomic E-state index is 0.166. The zero-order valence-corrected chi connectivity index (χ0v) is 12.6. The number of hydrogen-bond acceptors (Lipinski definition) is 3. The molecule has 1 aromatic rings. The average Bonchev–Trinajstić information content (AvgIpc) is 2.46. The van der Waals surface area contributed by atoms with Gasteiger partial charge in [-0.25, -0.2) is 4.39 Å². The van der Waals surface area contributed by atoms with E-state index in [0.717, 1.165) is 18.8 Å². The largest absolute Gasteiger partial charge is 0.309 e. The molecule has 112 valence electrons. The van der Waals surface area contributed by atoms with E-state index < -0.39 is 0 Å². The molecule has 1 saturated heterocycles. The van der Waals surface area contributed by atoms with Crippen LogP contribution < -0.4 is 5.32 Å². The molecule has 2 heterocycles. The van der Waals surface area contributed by atoms with Crippen LogP contribution in [0.15, 0.2) is 18.3 Å². The molecule has 4 heteroatoms. The van der Waals surface area contributed by atoms with Crippen molar-refractivity contribution < 1.29 is 4.39 Å². The molecule has 1 aliphatic heterocycles. The molecular weight excluding hydrogens is 253 g/mol. The van der Waals surface area contributed by atoms with Crippen molar-refractivity contribution in [3.8, 4) is 0 Å². The molecule has 1 N–H and O–H groups in total. The molecule has 0 bridgehead atoms. The third kappa shape index (κ3) is 4.84. The number of aromatic nitrogens is 1. The summed E-state index contributed by atoms with van der Waals surface area (Å²) in [6, 6.07) is 3.39. The summed E-state index contributed by atoms with van der Waals surface area (Å²) >= 11 is 0. The Kier molecular flexibility index (Phi) is 5.92. The van der Waals surface area contributed by atoms with Crippen molar-refractivity contribution in [1.82, 2.24) is 15.2 Å². The summed E-state index contributed by atoms with van der Waals surface area (Å²) in [5.41, 5.74) is 0.900. The van der Waals surface area contributed by atoms with Crippen molar-refractivity contribution in [2.75, 3.05) is 26.2 Å². The Morgan fingerprint density at radius 1 is 1.25 bits per heavy atom. The molecule has 20 heavy (non-hydrogen) atoms. The minimum atomic E-state index is -0.278. The van der Waals surface area contributed by atoms with Crippen LogP contribution in [-0.4, -0.2) is 36.1 Å². The lowest BCUT2D eigenvalue weighted by Gasteiger charge is -2.29. The van der Waals surface area contributed by atoms with E-state index in [1.54, 1.807) is 6.07 Å². The summed E-state index contributed by atoms with van der Waals surface area (Å²) in [6.45, 7) is 8.99. The van der Waals surface area contributed by atoms with E-state index in [9.17, 15) is 4.39 Å². The molecule has 1 aliphatic rings. The highest BCUT2D eigenvalue weighted by Crippen LogP contribution is 2.13. The molecule has 0 radical (unpaired) electrons. The van der Waals surface area contributed by atoms with Gasteiger partial charge in [-0.15, -0.1) is 0 Å². The van der Waals surface area contributed by atoms with Gasteiger partial charge in [-0.3, -0.25) is 4.98 Å². The van der Waals surface area contributed by atoms with Gasteiger partial charge in [-0.05, 0) is 57.5 Å². The zero-order valence-electron chi connectivity index (χ0n) is 12.6. The first-order valence-corrected chi connectivity index (χ1v) is 7.72. The monoisotopic (exact) mass is 279 g/mol. The molecular formula is C16H26FN3. The Balaban J connectivity index is 1.71. The lowest BCUT2D eigenvalue weighted by atomic mass is 10.1. The van der Waals surface area contributed by atoms with Crippen LogP contribution in [0.3, 0.4) is 0 Å². The Morgan fingerprint density at radius 3 is 2.65 bits per heavy atom. The van der Waals surface area contributed by atoms with E-state index in [1.807, 2.05) is 0 Å². The molecule has 0 aliphatic carbocycles. The van der Waals surface area contributed by atoms with Gasteiger partial charge in [0.25, 0.3) is 0 Å². The second-order valence-corrected chi connectivity index (χ2v) is 6.00. The smallest absolute Gasteiger partial charge is 0.141 e.